The molecule has 0 saturated carbocycles. The van der Waals surface area contributed by atoms with Crippen molar-refractivity contribution in [2.24, 2.45) is 0 Å². The van der Waals surface area contributed by atoms with Gasteiger partial charge in [0.2, 0.25) is 0 Å². The molecular weight excluding hydrogens is 147 g/mol. The number of nitrogens with two attached hydrogens (primary N) is 1. The van der Waals surface area contributed by atoms with Crippen molar-refractivity contribution in [2.45, 2.75) is 6.04 Å². The van der Waals surface area contributed by atoms with Crippen LogP contribution in [0.2, 0.25) is 0 Å². The van der Waals surface area contributed by atoms with E-state index in [2.05, 4.69) is 4.65 Å². The lowest BCUT2D eigenvalue weighted by Crippen LogP contribution is -2.99. The summed E-state index contributed by atoms with van der Waals surface area (Å²) < 4.78 is 27.8. The molecule has 1 fully saturated rings. The van der Waals surface area contributed by atoms with Crippen LogP contribution in [-0.2, 0) is 9.45 Å². The first-order valence-electron chi connectivity index (χ1n) is 2.76. The summed E-state index contributed by atoms with van der Waals surface area (Å²) >= 11 is 0. The fourth-order valence-corrected chi connectivity index (χ4v) is 0.766. The minimum absolute atomic E-state index is 0.447. The van der Waals surface area contributed by atoms with Crippen molar-refractivity contribution in [2.75, 3.05) is 6.61 Å². The van der Waals surface area contributed by atoms with Crippen molar-refractivity contribution in [3.63, 3.8) is 0 Å². The molecule has 4 nitrogen and oxygen atoms in total. The molecule has 0 radical (unpaired) electrons. The van der Waals surface area contributed by atoms with E-state index in [0.717, 1.165) is 0 Å². The van der Waals surface area contributed by atoms with Gasteiger partial charge in [-0.2, -0.15) is 0 Å². The summed E-state index contributed by atoms with van der Waals surface area (Å²) in [6.45, 7) is -0.615. The van der Waals surface area contributed by atoms with Crippen molar-refractivity contribution in [1.82, 2.24) is 0 Å². The smallest absolute Gasteiger partial charge is 0.577 e. The van der Waals surface area contributed by atoms with Gasteiger partial charge in [-0.3, -0.25) is 0 Å². The van der Waals surface area contributed by atoms with Crippen LogP contribution in [0.5, 0.6) is 0 Å². The van der Waals surface area contributed by atoms with Gasteiger partial charge in [0.25, 0.3) is 0 Å². The van der Waals surface area contributed by atoms with Crippen LogP contribution in [0.15, 0.2) is 0 Å². The number of aliphatic hydroxyl groups excluding tert-OH is 1. The second-order valence-corrected chi connectivity index (χ2v) is 2.07. The zero-order chi connectivity index (χ0) is 7.78. The zero-order valence-corrected chi connectivity index (χ0v) is 4.96. The first kappa shape index (κ1) is 7.42. The summed E-state index contributed by atoms with van der Waals surface area (Å²) in [4.78, 5) is 10.3. The average molecular weight is 153 g/mol. The van der Waals surface area contributed by atoms with Gasteiger partial charge >= 0.3 is 13.0 Å². The first-order chi connectivity index (χ1) is 4.55. The van der Waals surface area contributed by atoms with E-state index in [1.54, 1.807) is 0 Å². The van der Waals surface area contributed by atoms with Gasteiger partial charge in [0.15, 0.2) is 6.04 Å². The topological polar surface area (TPSA) is 63.1 Å². The molecule has 3 N–H and O–H groups in total. The highest BCUT2D eigenvalue weighted by Crippen LogP contribution is 2.06. The molecular formula is C3H6BF2NO3. The van der Waals surface area contributed by atoms with Crippen molar-refractivity contribution in [1.29, 1.82) is 0 Å². The highest BCUT2D eigenvalue weighted by Gasteiger charge is 2.50. The Morgan fingerprint density at radius 3 is 2.60 bits per heavy atom. The van der Waals surface area contributed by atoms with Crippen LogP contribution in [0.25, 0.3) is 0 Å². The molecule has 1 aliphatic rings. The van der Waals surface area contributed by atoms with Crippen molar-refractivity contribution >= 4 is 13.0 Å². The largest absolute Gasteiger partial charge is 0.755 e. The molecule has 7 heteroatoms. The molecule has 1 atom stereocenters. The molecule has 1 aliphatic heterocycles. The molecule has 0 bridgehead atoms. The van der Waals surface area contributed by atoms with E-state index in [-0.39, 0.29) is 0 Å². The Hall–Kier alpha value is -0.685. The van der Waals surface area contributed by atoms with Crippen LogP contribution in [0, 0.1) is 0 Å². The SMILES string of the molecule is O=C1O[B-](F)(F)[NH2+][C@H]1CO. The summed E-state index contributed by atoms with van der Waals surface area (Å²) in [5.41, 5.74) is 0. The number of quaternary nitrogens is 1. The lowest BCUT2D eigenvalue weighted by molar-refractivity contribution is -0.574. The lowest BCUT2D eigenvalue weighted by Gasteiger charge is -2.07. The molecule has 58 valence electrons. The van der Waals surface area contributed by atoms with E-state index in [1.165, 1.54) is 0 Å². The van der Waals surface area contributed by atoms with E-state index in [4.69, 9.17) is 5.11 Å². The molecule has 0 aromatic heterocycles. The molecule has 0 aromatic rings. The zero-order valence-electron chi connectivity index (χ0n) is 4.96. The number of halogens is 2. The quantitative estimate of drug-likeness (QED) is 0.421. The standard InChI is InChI=1S/C3H6BF2NO3/c5-4(6)7-2(1-8)3(9)10-4/h2,8H,1,7H2/t2-/m0/s1. The van der Waals surface area contributed by atoms with Crippen LogP contribution in [-0.4, -0.2) is 30.8 Å². The maximum absolute atomic E-state index is 12.1. The Balaban J connectivity index is 2.61. The van der Waals surface area contributed by atoms with E-state index in [9.17, 15) is 13.4 Å². The van der Waals surface area contributed by atoms with Crippen molar-refractivity contribution in [3.05, 3.63) is 0 Å². The van der Waals surface area contributed by atoms with Gasteiger partial charge < -0.3 is 23.6 Å². The number of carbonyl (C=O) groups excluding carboxylic acids is 1. The highest BCUT2D eigenvalue weighted by atomic mass is 19.3. The Kier molecular flexibility index (Phi) is 1.61. The molecule has 1 saturated heterocycles. The number of hydrogen-bond donors (Lipinski definition) is 2. The fourth-order valence-electron chi connectivity index (χ4n) is 0.766. The number of carbonyl (C=O) groups is 1. The highest BCUT2D eigenvalue weighted by molar-refractivity contribution is 6.52. The molecule has 0 amide bonds. The first-order valence-corrected chi connectivity index (χ1v) is 2.76. The lowest BCUT2D eigenvalue weighted by atomic mass is 10.1. The third-order valence-corrected chi connectivity index (χ3v) is 1.23. The predicted octanol–water partition coefficient (Wildman–Crippen LogP) is -2.16. The van der Waals surface area contributed by atoms with Gasteiger partial charge in [-0.1, -0.05) is 0 Å². The average Bonchev–Trinajstić information content (AvgIpc) is 2.05. The monoisotopic (exact) mass is 153 g/mol. The Morgan fingerprint density at radius 2 is 2.40 bits per heavy atom. The molecule has 0 aliphatic carbocycles. The Labute approximate surface area is 55.2 Å². The third-order valence-electron chi connectivity index (χ3n) is 1.23. The van der Waals surface area contributed by atoms with Gasteiger partial charge in [-0.25, -0.2) is 4.79 Å². The van der Waals surface area contributed by atoms with E-state index in [1.807, 2.05) is 0 Å². The Morgan fingerprint density at radius 1 is 1.80 bits per heavy atom. The second-order valence-electron chi connectivity index (χ2n) is 2.07. The molecule has 0 unspecified atom stereocenters. The van der Waals surface area contributed by atoms with E-state index >= 15 is 0 Å². The maximum Gasteiger partial charge on any atom is 0.755 e. The molecule has 0 spiro atoms. The van der Waals surface area contributed by atoms with Crippen molar-refractivity contribution < 1.29 is 28.4 Å². The number of aliphatic hydroxyl groups is 1. The number of hydrogen-bond acceptors (Lipinski definition) is 3. The van der Waals surface area contributed by atoms with Gasteiger partial charge in [-0.05, 0) is 0 Å². The third kappa shape index (κ3) is 1.24. The predicted molar refractivity (Wildman–Crippen MR) is 26.9 cm³/mol. The summed E-state index contributed by atoms with van der Waals surface area (Å²) in [7, 11) is -4.09. The summed E-state index contributed by atoms with van der Waals surface area (Å²) in [6, 6.07) is -1.14. The summed E-state index contributed by atoms with van der Waals surface area (Å²) in [6.07, 6.45) is 0. The summed E-state index contributed by atoms with van der Waals surface area (Å²) in [5.74, 6) is -1.05. The van der Waals surface area contributed by atoms with E-state index < -0.39 is 25.7 Å². The molecule has 0 aromatic carbocycles. The van der Waals surface area contributed by atoms with Crippen LogP contribution in [0.4, 0.5) is 8.63 Å². The molecule has 10 heavy (non-hydrogen) atoms. The van der Waals surface area contributed by atoms with Crippen LogP contribution >= 0.6 is 0 Å². The normalized spacial score (nSPS) is 30.3. The second kappa shape index (κ2) is 2.17. The minimum atomic E-state index is -4.09. The van der Waals surface area contributed by atoms with Crippen LogP contribution in [0.3, 0.4) is 0 Å². The Bertz CT molecular complexity index is 164. The summed E-state index contributed by atoms with van der Waals surface area (Å²) in [5, 5.41) is 8.76. The fraction of sp³-hybridized carbons (Fsp3) is 0.667. The molecule has 1 heterocycles. The van der Waals surface area contributed by atoms with Gasteiger partial charge in [0.1, 0.15) is 6.61 Å². The minimum Gasteiger partial charge on any atom is -0.577 e. The van der Waals surface area contributed by atoms with Gasteiger partial charge in [-0.15, -0.1) is 0 Å². The number of rotatable bonds is 1. The van der Waals surface area contributed by atoms with E-state index in [0.29, 0.717) is 5.23 Å². The van der Waals surface area contributed by atoms with Crippen LogP contribution < -0.4 is 5.23 Å². The molecule has 1 rings (SSSR count). The van der Waals surface area contributed by atoms with Gasteiger partial charge in [0.05, 0.1) is 0 Å². The maximum atomic E-state index is 12.1. The van der Waals surface area contributed by atoms with Crippen LogP contribution in [0.1, 0.15) is 0 Å². The van der Waals surface area contributed by atoms with Gasteiger partial charge in [0, 0.05) is 0 Å². The van der Waals surface area contributed by atoms with Crippen molar-refractivity contribution in [3.8, 4) is 0 Å².